The van der Waals surface area contributed by atoms with Crippen LogP contribution in [0.25, 0.3) is 0 Å². The van der Waals surface area contributed by atoms with Gasteiger partial charge in [0.25, 0.3) is 0 Å². The van der Waals surface area contributed by atoms with E-state index in [4.69, 9.17) is 10.8 Å². The third kappa shape index (κ3) is 5.17. The van der Waals surface area contributed by atoms with E-state index in [0.29, 0.717) is 19.3 Å². The van der Waals surface area contributed by atoms with E-state index in [-0.39, 0.29) is 23.9 Å². The van der Waals surface area contributed by atoms with Gasteiger partial charge in [-0.25, -0.2) is 0 Å². The quantitative estimate of drug-likeness (QED) is 0.621. The van der Waals surface area contributed by atoms with Crippen LogP contribution in [0.5, 0.6) is 0 Å². The smallest absolute Gasteiger partial charge is 0.303 e. The van der Waals surface area contributed by atoms with Gasteiger partial charge in [0.1, 0.15) is 0 Å². The Labute approximate surface area is 102 Å². The number of nitrogens with one attached hydrogen (secondary N) is 1. The predicted molar refractivity (Wildman–Crippen MR) is 64.5 cm³/mol. The highest BCUT2D eigenvalue weighted by Gasteiger charge is 2.34. The summed E-state index contributed by atoms with van der Waals surface area (Å²) in [6.45, 7) is 1.89. The van der Waals surface area contributed by atoms with Crippen molar-refractivity contribution < 1.29 is 14.7 Å². The van der Waals surface area contributed by atoms with Crippen LogP contribution in [0.4, 0.5) is 0 Å². The summed E-state index contributed by atoms with van der Waals surface area (Å²) in [6.07, 6.45) is 4.77. The Kier molecular flexibility index (Phi) is 4.93. The van der Waals surface area contributed by atoms with Crippen molar-refractivity contribution in [3.8, 4) is 0 Å². The maximum atomic E-state index is 11.7. The topological polar surface area (TPSA) is 92.4 Å². The molecule has 1 saturated carbocycles. The molecule has 5 heteroatoms. The lowest BCUT2D eigenvalue weighted by Crippen LogP contribution is -2.50. The normalized spacial score (nSPS) is 19.2. The summed E-state index contributed by atoms with van der Waals surface area (Å²) in [5, 5.41) is 11.4. The fraction of sp³-hybridized carbons (Fsp3) is 0.833. The van der Waals surface area contributed by atoms with Gasteiger partial charge in [-0.1, -0.05) is 0 Å². The molecule has 0 saturated heterocycles. The fourth-order valence-corrected chi connectivity index (χ4v) is 2.08. The van der Waals surface area contributed by atoms with Crippen LogP contribution in [0, 0.1) is 0 Å². The van der Waals surface area contributed by atoms with Crippen LogP contribution in [0.1, 0.15) is 51.9 Å². The number of carbonyl (C=O) groups excluding carboxylic acids is 1. The number of hydrogen-bond acceptors (Lipinski definition) is 3. The number of hydrogen-bond donors (Lipinski definition) is 3. The van der Waals surface area contributed by atoms with Crippen LogP contribution in [-0.2, 0) is 9.59 Å². The third-order valence-corrected chi connectivity index (χ3v) is 3.30. The summed E-state index contributed by atoms with van der Waals surface area (Å²) < 4.78 is 0. The molecule has 17 heavy (non-hydrogen) atoms. The van der Waals surface area contributed by atoms with Gasteiger partial charge in [-0.05, 0) is 39.0 Å². The highest BCUT2D eigenvalue weighted by atomic mass is 16.4. The van der Waals surface area contributed by atoms with Crippen molar-refractivity contribution in [2.45, 2.75) is 63.5 Å². The molecular weight excluding hydrogens is 220 g/mol. The number of nitrogens with two attached hydrogens (primary N) is 1. The first-order valence-corrected chi connectivity index (χ1v) is 6.21. The second kappa shape index (κ2) is 6.00. The number of rotatable bonds is 7. The van der Waals surface area contributed by atoms with Gasteiger partial charge in [0.15, 0.2) is 0 Å². The molecule has 0 aliphatic heterocycles. The van der Waals surface area contributed by atoms with Gasteiger partial charge in [-0.2, -0.15) is 0 Å². The Morgan fingerprint density at radius 1 is 1.47 bits per heavy atom. The van der Waals surface area contributed by atoms with Gasteiger partial charge in [-0.3, -0.25) is 9.59 Å². The Bertz CT molecular complexity index is 287. The highest BCUT2D eigenvalue weighted by Crippen LogP contribution is 2.31. The van der Waals surface area contributed by atoms with Crippen LogP contribution in [-0.4, -0.2) is 28.6 Å². The number of amides is 1. The van der Waals surface area contributed by atoms with Gasteiger partial charge >= 0.3 is 5.97 Å². The first kappa shape index (κ1) is 14.0. The maximum absolute atomic E-state index is 11.7. The van der Waals surface area contributed by atoms with Crippen LogP contribution >= 0.6 is 0 Å². The van der Waals surface area contributed by atoms with Gasteiger partial charge in [0.05, 0.1) is 0 Å². The maximum Gasteiger partial charge on any atom is 0.303 e. The predicted octanol–water partition coefficient (Wildman–Crippen LogP) is 1.02. The molecule has 1 atom stereocenters. The van der Waals surface area contributed by atoms with Crippen molar-refractivity contribution in [2.24, 2.45) is 5.73 Å². The van der Waals surface area contributed by atoms with E-state index >= 15 is 0 Å². The Morgan fingerprint density at radius 3 is 2.59 bits per heavy atom. The molecule has 0 spiro atoms. The summed E-state index contributed by atoms with van der Waals surface area (Å²) in [4.78, 5) is 22.0. The molecule has 0 heterocycles. The van der Waals surface area contributed by atoms with Crippen LogP contribution in [0.2, 0.25) is 0 Å². The molecule has 1 aliphatic rings. The molecule has 1 rings (SSSR count). The fourth-order valence-electron chi connectivity index (χ4n) is 2.08. The molecule has 5 nitrogen and oxygen atoms in total. The van der Waals surface area contributed by atoms with Crippen molar-refractivity contribution in [2.75, 3.05) is 0 Å². The van der Waals surface area contributed by atoms with Gasteiger partial charge < -0.3 is 16.2 Å². The molecule has 1 aliphatic carbocycles. The number of carboxylic acids is 1. The molecule has 0 bridgehead atoms. The number of carboxylic acid groups (broad SMARTS) is 1. The first-order valence-electron chi connectivity index (χ1n) is 6.21. The lowest BCUT2D eigenvalue weighted by atomic mass is 9.75. The van der Waals surface area contributed by atoms with Crippen molar-refractivity contribution >= 4 is 11.9 Å². The lowest BCUT2D eigenvalue weighted by Gasteiger charge is -2.37. The van der Waals surface area contributed by atoms with E-state index in [0.717, 1.165) is 19.3 Å². The van der Waals surface area contributed by atoms with E-state index < -0.39 is 5.97 Å². The summed E-state index contributed by atoms with van der Waals surface area (Å²) in [6, 6.07) is 0.0190. The van der Waals surface area contributed by atoms with E-state index in [9.17, 15) is 9.59 Å². The highest BCUT2D eigenvalue weighted by molar-refractivity contribution is 5.77. The minimum Gasteiger partial charge on any atom is -0.481 e. The third-order valence-electron chi connectivity index (χ3n) is 3.30. The molecular formula is C12H22N2O3. The van der Waals surface area contributed by atoms with E-state index in [2.05, 4.69) is 5.32 Å². The molecule has 0 aromatic carbocycles. The van der Waals surface area contributed by atoms with Crippen LogP contribution in [0.3, 0.4) is 0 Å². The molecule has 0 radical (unpaired) electrons. The Balaban J connectivity index is 2.14. The van der Waals surface area contributed by atoms with Gasteiger partial charge in [0.2, 0.25) is 5.91 Å². The van der Waals surface area contributed by atoms with Crippen molar-refractivity contribution in [1.29, 1.82) is 0 Å². The van der Waals surface area contributed by atoms with Crippen molar-refractivity contribution in [1.82, 2.24) is 5.32 Å². The summed E-state index contributed by atoms with van der Waals surface area (Å²) in [7, 11) is 0. The minimum atomic E-state index is -0.793. The molecule has 1 unspecified atom stereocenters. The standard InChI is InChI=1S/C12H22N2O3/c1-9(4-2-5-11(16)17)14-10(15)8-12(13)6-3-7-12/h9H,2-8,13H2,1H3,(H,14,15)(H,16,17). The molecule has 0 aromatic heterocycles. The van der Waals surface area contributed by atoms with Gasteiger partial charge in [-0.15, -0.1) is 0 Å². The van der Waals surface area contributed by atoms with Crippen LogP contribution < -0.4 is 11.1 Å². The SMILES string of the molecule is CC(CCCC(=O)O)NC(=O)CC1(N)CCC1. The van der Waals surface area contributed by atoms with E-state index in [1.54, 1.807) is 0 Å². The number of carbonyl (C=O) groups is 2. The molecule has 0 aromatic rings. The van der Waals surface area contributed by atoms with E-state index in [1.165, 1.54) is 0 Å². The lowest BCUT2D eigenvalue weighted by molar-refractivity contribution is -0.137. The Hall–Kier alpha value is -1.10. The summed E-state index contributed by atoms with van der Waals surface area (Å²) in [5.74, 6) is -0.811. The average molecular weight is 242 g/mol. The zero-order valence-electron chi connectivity index (χ0n) is 10.4. The van der Waals surface area contributed by atoms with Crippen molar-refractivity contribution in [3.63, 3.8) is 0 Å². The van der Waals surface area contributed by atoms with E-state index in [1.807, 2.05) is 6.92 Å². The molecule has 1 fully saturated rings. The Morgan fingerprint density at radius 2 is 2.12 bits per heavy atom. The zero-order valence-corrected chi connectivity index (χ0v) is 10.4. The number of aliphatic carboxylic acids is 1. The van der Waals surface area contributed by atoms with Gasteiger partial charge in [0, 0.05) is 24.4 Å². The molecule has 1 amide bonds. The first-order chi connectivity index (χ1) is 7.91. The summed E-state index contributed by atoms with van der Waals surface area (Å²) in [5.41, 5.74) is 5.69. The molecule has 4 N–H and O–H groups in total. The van der Waals surface area contributed by atoms with Crippen LogP contribution in [0.15, 0.2) is 0 Å². The second-order valence-electron chi connectivity index (χ2n) is 5.15. The largest absolute Gasteiger partial charge is 0.481 e. The monoisotopic (exact) mass is 242 g/mol. The minimum absolute atomic E-state index is 0.0185. The second-order valence-corrected chi connectivity index (χ2v) is 5.15. The van der Waals surface area contributed by atoms with Crippen molar-refractivity contribution in [3.05, 3.63) is 0 Å². The summed E-state index contributed by atoms with van der Waals surface area (Å²) >= 11 is 0. The average Bonchev–Trinajstić information content (AvgIpc) is 2.14. The molecule has 98 valence electrons. The zero-order chi connectivity index (χ0) is 12.9.